The number of nitrogens with zero attached hydrogens (tertiary/aromatic N) is 1. The van der Waals surface area contributed by atoms with E-state index in [2.05, 4.69) is 28.4 Å². The molecule has 1 aromatic rings. The van der Waals surface area contributed by atoms with E-state index in [0.29, 0.717) is 0 Å². The van der Waals surface area contributed by atoms with Crippen LogP contribution in [0, 0.1) is 0 Å². The van der Waals surface area contributed by atoms with Crippen LogP contribution in [0.3, 0.4) is 0 Å². The van der Waals surface area contributed by atoms with Crippen LogP contribution in [0.15, 0.2) is 24.3 Å². The van der Waals surface area contributed by atoms with Crippen LogP contribution in [-0.2, 0) is 6.54 Å². The summed E-state index contributed by atoms with van der Waals surface area (Å²) in [5.41, 5.74) is 1.33. The zero-order valence-electron chi connectivity index (χ0n) is 10.3. The molecule has 1 aliphatic rings. The van der Waals surface area contributed by atoms with Crippen molar-refractivity contribution in [2.75, 3.05) is 33.3 Å². The van der Waals surface area contributed by atoms with E-state index in [4.69, 9.17) is 4.74 Å². The van der Waals surface area contributed by atoms with Crippen LogP contribution in [0.4, 0.5) is 0 Å². The number of hydrogen-bond donors (Lipinski definition) is 1. The molecular weight excluding hydrogens is 236 g/mol. The van der Waals surface area contributed by atoms with Gasteiger partial charge >= 0.3 is 0 Å². The molecule has 0 amide bonds. The van der Waals surface area contributed by atoms with Crippen molar-refractivity contribution in [1.29, 1.82) is 0 Å². The molecule has 0 spiro atoms. The fourth-order valence-corrected chi connectivity index (χ4v) is 2.09. The maximum atomic E-state index is 5.24. The molecule has 4 heteroatoms. The second-order valence-corrected chi connectivity index (χ2v) is 4.23. The first kappa shape index (κ1) is 14.3. The highest BCUT2D eigenvalue weighted by molar-refractivity contribution is 5.85. The van der Waals surface area contributed by atoms with Gasteiger partial charge in [0, 0.05) is 19.6 Å². The second kappa shape index (κ2) is 7.54. The Morgan fingerprint density at radius 1 is 1.29 bits per heavy atom. The maximum absolute atomic E-state index is 5.24. The summed E-state index contributed by atoms with van der Waals surface area (Å²) in [4.78, 5) is 2.49. The molecule has 96 valence electrons. The normalized spacial score (nSPS) is 17.0. The molecular formula is C13H21ClN2O. The van der Waals surface area contributed by atoms with Gasteiger partial charge < -0.3 is 10.1 Å². The molecule has 3 nitrogen and oxygen atoms in total. The highest BCUT2D eigenvalue weighted by atomic mass is 35.5. The van der Waals surface area contributed by atoms with Crippen molar-refractivity contribution in [3.05, 3.63) is 29.8 Å². The molecule has 1 aliphatic heterocycles. The van der Waals surface area contributed by atoms with Gasteiger partial charge in [-0.05, 0) is 37.2 Å². The quantitative estimate of drug-likeness (QED) is 0.894. The van der Waals surface area contributed by atoms with Gasteiger partial charge in [-0.3, -0.25) is 4.90 Å². The largest absolute Gasteiger partial charge is 0.497 e. The molecule has 0 aliphatic carbocycles. The highest BCUT2D eigenvalue weighted by Gasteiger charge is 2.08. The lowest BCUT2D eigenvalue weighted by atomic mass is 10.2. The summed E-state index contributed by atoms with van der Waals surface area (Å²) in [5, 5.41) is 3.42. The molecule has 0 saturated carbocycles. The molecule has 1 fully saturated rings. The molecule has 1 heterocycles. The third-order valence-electron chi connectivity index (χ3n) is 2.97. The van der Waals surface area contributed by atoms with Crippen LogP contribution in [0.25, 0.3) is 0 Å². The Morgan fingerprint density at radius 2 is 2.18 bits per heavy atom. The number of halogens is 1. The minimum absolute atomic E-state index is 0. The molecule has 1 N–H and O–H groups in total. The predicted molar refractivity (Wildman–Crippen MR) is 73.0 cm³/mol. The first-order chi connectivity index (χ1) is 7.88. The van der Waals surface area contributed by atoms with E-state index in [-0.39, 0.29) is 12.4 Å². The number of rotatable bonds is 3. The molecule has 2 rings (SSSR count). The minimum Gasteiger partial charge on any atom is -0.497 e. The van der Waals surface area contributed by atoms with Gasteiger partial charge in [0.1, 0.15) is 5.75 Å². The van der Waals surface area contributed by atoms with E-state index < -0.39 is 0 Å². The lowest BCUT2D eigenvalue weighted by molar-refractivity contribution is 0.284. The van der Waals surface area contributed by atoms with E-state index in [1.807, 2.05) is 6.07 Å². The lowest BCUT2D eigenvalue weighted by Crippen LogP contribution is -2.27. The SMILES string of the molecule is COc1cccc(CN2CCCNCC2)c1.Cl. The lowest BCUT2D eigenvalue weighted by Gasteiger charge is -2.19. The number of nitrogens with one attached hydrogen (secondary N) is 1. The summed E-state index contributed by atoms with van der Waals surface area (Å²) >= 11 is 0. The number of ether oxygens (including phenoxy) is 1. The summed E-state index contributed by atoms with van der Waals surface area (Å²) in [6, 6.07) is 8.34. The van der Waals surface area contributed by atoms with E-state index in [1.54, 1.807) is 7.11 Å². The summed E-state index contributed by atoms with van der Waals surface area (Å²) < 4.78 is 5.24. The van der Waals surface area contributed by atoms with Crippen molar-refractivity contribution in [3.63, 3.8) is 0 Å². The molecule has 0 bridgehead atoms. The average molecular weight is 257 g/mol. The standard InChI is InChI=1S/C13H20N2O.ClH/c1-16-13-5-2-4-12(10-13)11-15-8-3-6-14-7-9-15;/h2,4-5,10,14H,3,6-9,11H2,1H3;1H. The third kappa shape index (κ3) is 4.54. The summed E-state index contributed by atoms with van der Waals surface area (Å²) in [7, 11) is 1.72. The summed E-state index contributed by atoms with van der Waals surface area (Å²) in [6.07, 6.45) is 1.24. The Bertz CT molecular complexity index is 325. The number of benzene rings is 1. The number of hydrogen-bond acceptors (Lipinski definition) is 3. The molecule has 0 atom stereocenters. The van der Waals surface area contributed by atoms with Crippen LogP contribution in [0.2, 0.25) is 0 Å². The van der Waals surface area contributed by atoms with Crippen molar-refractivity contribution in [1.82, 2.24) is 10.2 Å². The van der Waals surface area contributed by atoms with E-state index >= 15 is 0 Å². The van der Waals surface area contributed by atoms with Crippen LogP contribution >= 0.6 is 12.4 Å². The van der Waals surface area contributed by atoms with Crippen molar-refractivity contribution in [2.45, 2.75) is 13.0 Å². The van der Waals surface area contributed by atoms with Gasteiger partial charge in [0.05, 0.1) is 7.11 Å². The fraction of sp³-hybridized carbons (Fsp3) is 0.538. The summed E-state index contributed by atoms with van der Waals surface area (Å²) in [6.45, 7) is 5.60. The smallest absolute Gasteiger partial charge is 0.119 e. The molecule has 0 unspecified atom stereocenters. The average Bonchev–Trinajstić information content (AvgIpc) is 2.58. The van der Waals surface area contributed by atoms with Crippen LogP contribution in [-0.4, -0.2) is 38.2 Å². The Morgan fingerprint density at radius 3 is 3.00 bits per heavy atom. The van der Waals surface area contributed by atoms with Gasteiger partial charge in [0.15, 0.2) is 0 Å². The van der Waals surface area contributed by atoms with Gasteiger partial charge in [0.2, 0.25) is 0 Å². The van der Waals surface area contributed by atoms with Gasteiger partial charge in [-0.15, -0.1) is 12.4 Å². The van der Waals surface area contributed by atoms with Crippen molar-refractivity contribution < 1.29 is 4.74 Å². The molecule has 1 aromatic carbocycles. The minimum atomic E-state index is 0. The van der Waals surface area contributed by atoms with Crippen molar-refractivity contribution >= 4 is 12.4 Å². The monoisotopic (exact) mass is 256 g/mol. The molecule has 0 aromatic heterocycles. The fourth-order valence-electron chi connectivity index (χ4n) is 2.09. The predicted octanol–water partition coefficient (Wildman–Crippen LogP) is 1.91. The van der Waals surface area contributed by atoms with Crippen LogP contribution in [0.1, 0.15) is 12.0 Å². The summed E-state index contributed by atoms with van der Waals surface area (Å²) in [5.74, 6) is 0.949. The topological polar surface area (TPSA) is 24.5 Å². The third-order valence-corrected chi connectivity index (χ3v) is 2.97. The van der Waals surface area contributed by atoms with Crippen molar-refractivity contribution in [2.24, 2.45) is 0 Å². The Hall–Kier alpha value is -0.770. The Balaban J connectivity index is 0.00000144. The van der Waals surface area contributed by atoms with Crippen molar-refractivity contribution in [3.8, 4) is 5.75 Å². The first-order valence-electron chi connectivity index (χ1n) is 5.94. The molecule has 0 radical (unpaired) electrons. The van der Waals surface area contributed by atoms with Gasteiger partial charge in [-0.25, -0.2) is 0 Å². The highest BCUT2D eigenvalue weighted by Crippen LogP contribution is 2.14. The Kier molecular flexibility index (Phi) is 6.34. The maximum Gasteiger partial charge on any atom is 0.119 e. The Labute approximate surface area is 110 Å². The zero-order valence-corrected chi connectivity index (χ0v) is 11.1. The zero-order chi connectivity index (χ0) is 11.2. The van der Waals surface area contributed by atoms with Gasteiger partial charge in [0.25, 0.3) is 0 Å². The van der Waals surface area contributed by atoms with E-state index in [1.165, 1.54) is 18.5 Å². The van der Waals surface area contributed by atoms with Crippen LogP contribution in [0.5, 0.6) is 5.75 Å². The first-order valence-corrected chi connectivity index (χ1v) is 5.94. The van der Waals surface area contributed by atoms with Gasteiger partial charge in [-0.2, -0.15) is 0 Å². The molecule has 17 heavy (non-hydrogen) atoms. The number of methoxy groups -OCH3 is 1. The van der Waals surface area contributed by atoms with E-state index in [0.717, 1.165) is 31.9 Å². The molecule has 1 saturated heterocycles. The second-order valence-electron chi connectivity index (χ2n) is 4.23. The van der Waals surface area contributed by atoms with Gasteiger partial charge in [-0.1, -0.05) is 12.1 Å². The van der Waals surface area contributed by atoms with Crippen LogP contribution < -0.4 is 10.1 Å². The van der Waals surface area contributed by atoms with E-state index in [9.17, 15) is 0 Å².